The fourth-order valence-electron chi connectivity index (χ4n) is 0.235. The average Bonchev–Trinajstić information content (AvgIpc) is 1.27. The van der Waals surface area contributed by atoms with Crippen molar-refractivity contribution in [2.24, 2.45) is 0 Å². The average molecular weight is 99.1 g/mol. The van der Waals surface area contributed by atoms with Gasteiger partial charge in [-0.15, -0.1) is 0 Å². The number of aliphatic hydroxyl groups is 1. The maximum absolute atomic E-state index is 9.98. The van der Waals surface area contributed by atoms with E-state index in [2.05, 4.69) is 6.58 Å². The van der Waals surface area contributed by atoms with E-state index in [0.717, 1.165) is 6.42 Å². The third-order valence-electron chi connectivity index (χ3n) is 0.370. The van der Waals surface area contributed by atoms with Crippen LogP contribution in [0.25, 0.3) is 0 Å². The fourth-order valence-corrected chi connectivity index (χ4v) is 0.235. The number of hydrogen-bond donors (Lipinski definition) is 1. The van der Waals surface area contributed by atoms with E-state index in [9.17, 15) is 4.79 Å². The Balaban J connectivity index is 3.32. The highest BCUT2D eigenvalue weighted by atomic mass is 16.3. The summed E-state index contributed by atoms with van der Waals surface area (Å²) in [5.74, 6) is -0.375. The van der Waals surface area contributed by atoms with Gasteiger partial charge in [0.1, 0.15) is 0 Å². The Morgan fingerprint density at radius 2 is 2.29 bits per heavy atom. The molecule has 0 heterocycles. The molecule has 0 aliphatic rings. The molecular formula is C5H7O2+. The number of Topliss-reactive ketones (excluding diaryl/α,β-unsaturated/α-hetero) is 1. The second-order valence-corrected chi connectivity index (χ2v) is 1.25. The highest BCUT2D eigenvalue weighted by Gasteiger charge is 2.02. The molecule has 0 rings (SSSR count). The molecule has 0 aromatic heterocycles. The molecule has 0 radical (unpaired) electrons. The van der Waals surface area contributed by atoms with Crippen LogP contribution in [0.4, 0.5) is 0 Å². The Hall–Kier alpha value is -0.920. The minimum Gasteiger partial charge on any atom is -0.478 e. The lowest BCUT2D eigenvalue weighted by Crippen LogP contribution is -1.91. The van der Waals surface area contributed by atoms with Crippen molar-refractivity contribution in [2.75, 3.05) is 0 Å². The van der Waals surface area contributed by atoms with Gasteiger partial charge in [-0.25, -0.2) is 0 Å². The molecule has 0 aromatic carbocycles. The lowest BCUT2D eigenvalue weighted by atomic mass is 10.3. The van der Waals surface area contributed by atoms with E-state index >= 15 is 0 Å². The van der Waals surface area contributed by atoms with Crippen LogP contribution in [0.15, 0.2) is 12.3 Å². The molecule has 0 amide bonds. The summed E-state index contributed by atoms with van der Waals surface area (Å²) in [5.41, 5.74) is 0. The molecule has 0 bridgehead atoms. The molecule has 38 valence electrons. The maximum atomic E-state index is 9.98. The van der Waals surface area contributed by atoms with Gasteiger partial charge in [-0.1, -0.05) is 0 Å². The fraction of sp³-hybridized carbons (Fsp3) is 0.200. The number of aliphatic hydroxyl groups excluding tert-OH is 1. The molecule has 7 heavy (non-hydrogen) atoms. The SMILES string of the molecule is C=C(O)[CH+]C(C)=O. The van der Waals surface area contributed by atoms with Gasteiger partial charge in [-0.05, 0) is 0 Å². The quantitative estimate of drug-likeness (QED) is 0.411. The van der Waals surface area contributed by atoms with Crippen LogP contribution in [0.1, 0.15) is 6.92 Å². The largest absolute Gasteiger partial charge is 0.478 e. The zero-order chi connectivity index (χ0) is 5.86. The van der Waals surface area contributed by atoms with Gasteiger partial charge < -0.3 is 5.11 Å². The van der Waals surface area contributed by atoms with Crippen molar-refractivity contribution >= 4 is 5.78 Å². The van der Waals surface area contributed by atoms with Crippen LogP contribution in [0.3, 0.4) is 0 Å². The van der Waals surface area contributed by atoms with Crippen molar-refractivity contribution in [1.82, 2.24) is 0 Å². The number of ketones is 1. The normalized spacial score (nSPS) is 7.57. The topological polar surface area (TPSA) is 37.3 Å². The number of rotatable bonds is 2. The maximum Gasteiger partial charge on any atom is 0.278 e. The van der Waals surface area contributed by atoms with Crippen molar-refractivity contribution in [3.05, 3.63) is 18.8 Å². The molecule has 0 fully saturated rings. The molecule has 0 spiro atoms. The van der Waals surface area contributed by atoms with Crippen LogP contribution in [0.5, 0.6) is 0 Å². The van der Waals surface area contributed by atoms with Gasteiger partial charge in [-0.2, -0.15) is 0 Å². The lowest BCUT2D eigenvalue weighted by Gasteiger charge is -1.76. The van der Waals surface area contributed by atoms with Gasteiger partial charge in [0, 0.05) is 6.92 Å². The van der Waals surface area contributed by atoms with E-state index < -0.39 is 0 Å². The van der Waals surface area contributed by atoms with E-state index in [1.54, 1.807) is 0 Å². The van der Waals surface area contributed by atoms with Gasteiger partial charge in [0.15, 0.2) is 6.42 Å². The zero-order valence-electron chi connectivity index (χ0n) is 4.14. The Bertz CT molecular complexity index is 82.3. The molecule has 2 heteroatoms. The van der Waals surface area contributed by atoms with Crippen molar-refractivity contribution in [3.8, 4) is 0 Å². The molecule has 0 aromatic rings. The van der Waals surface area contributed by atoms with Crippen molar-refractivity contribution in [1.29, 1.82) is 0 Å². The summed E-state index contributed by atoms with van der Waals surface area (Å²) in [6.45, 7) is 4.42. The van der Waals surface area contributed by atoms with Gasteiger partial charge >= 0.3 is 0 Å². The van der Waals surface area contributed by atoms with Gasteiger partial charge in [-0.3, -0.25) is 4.79 Å². The summed E-state index contributed by atoms with van der Waals surface area (Å²) in [7, 11) is 0. The molecule has 0 aliphatic heterocycles. The Morgan fingerprint density at radius 3 is 2.29 bits per heavy atom. The monoisotopic (exact) mass is 99.0 g/mol. The third-order valence-corrected chi connectivity index (χ3v) is 0.370. The summed E-state index contributed by atoms with van der Waals surface area (Å²) in [4.78, 5) is 9.98. The molecule has 0 atom stereocenters. The minimum absolute atomic E-state index is 0.187. The number of hydrogen-bond acceptors (Lipinski definition) is 2. The van der Waals surface area contributed by atoms with Crippen molar-refractivity contribution < 1.29 is 9.90 Å². The molecule has 1 N–H and O–H groups in total. The first-order valence-corrected chi connectivity index (χ1v) is 1.86. The van der Waals surface area contributed by atoms with Crippen LogP contribution >= 0.6 is 0 Å². The van der Waals surface area contributed by atoms with Crippen molar-refractivity contribution in [2.45, 2.75) is 6.92 Å². The summed E-state index contributed by atoms with van der Waals surface area (Å²) in [6.07, 6.45) is 1.06. The first-order chi connectivity index (χ1) is 3.13. The summed E-state index contributed by atoms with van der Waals surface area (Å²) in [6, 6.07) is 0. The summed E-state index contributed by atoms with van der Waals surface area (Å²) >= 11 is 0. The molecule has 0 aliphatic carbocycles. The summed E-state index contributed by atoms with van der Waals surface area (Å²) in [5, 5.41) is 8.25. The number of carbonyl (C=O) groups excluding carboxylic acids is 1. The Labute approximate surface area is 42.5 Å². The second kappa shape index (κ2) is 2.29. The molecule has 0 saturated heterocycles. The third kappa shape index (κ3) is 5.08. The van der Waals surface area contributed by atoms with Gasteiger partial charge in [0.05, 0.1) is 6.58 Å². The molecule has 0 saturated carbocycles. The van der Waals surface area contributed by atoms with E-state index in [1.807, 2.05) is 0 Å². The lowest BCUT2D eigenvalue weighted by molar-refractivity contribution is -0.113. The smallest absolute Gasteiger partial charge is 0.278 e. The second-order valence-electron chi connectivity index (χ2n) is 1.25. The van der Waals surface area contributed by atoms with Crippen LogP contribution in [-0.4, -0.2) is 10.9 Å². The summed E-state index contributed by atoms with van der Waals surface area (Å²) < 4.78 is 0. The first kappa shape index (κ1) is 6.08. The predicted molar refractivity (Wildman–Crippen MR) is 26.7 cm³/mol. The van der Waals surface area contributed by atoms with Crippen LogP contribution in [0, 0.1) is 6.42 Å². The zero-order valence-corrected chi connectivity index (χ0v) is 4.14. The van der Waals surface area contributed by atoms with E-state index in [4.69, 9.17) is 5.11 Å². The van der Waals surface area contributed by atoms with E-state index in [-0.39, 0.29) is 11.5 Å². The molecular weight excluding hydrogens is 92.1 g/mol. The van der Waals surface area contributed by atoms with Crippen LogP contribution < -0.4 is 0 Å². The van der Waals surface area contributed by atoms with Crippen molar-refractivity contribution in [3.63, 3.8) is 0 Å². The molecule has 0 unspecified atom stereocenters. The van der Waals surface area contributed by atoms with Gasteiger partial charge in [0.2, 0.25) is 5.78 Å². The van der Waals surface area contributed by atoms with E-state index in [1.165, 1.54) is 6.92 Å². The highest BCUT2D eigenvalue weighted by molar-refractivity contribution is 5.87. The molecule has 2 nitrogen and oxygen atoms in total. The Kier molecular flexibility index (Phi) is 1.99. The van der Waals surface area contributed by atoms with Gasteiger partial charge in [0.25, 0.3) is 5.76 Å². The van der Waals surface area contributed by atoms with Crippen LogP contribution in [0.2, 0.25) is 0 Å². The Morgan fingerprint density at radius 1 is 1.86 bits per heavy atom. The first-order valence-electron chi connectivity index (χ1n) is 1.86. The number of carbonyl (C=O) groups is 1. The van der Waals surface area contributed by atoms with Crippen LogP contribution in [-0.2, 0) is 4.79 Å². The highest BCUT2D eigenvalue weighted by Crippen LogP contribution is 1.88. The van der Waals surface area contributed by atoms with E-state index in [0.29, 0.717) is 0 Å². The standard InChI is InChI=1S/C5H6O2/c1-4(6)3-5(2)7/h3H,1H2,2H3/p+1. The minimum atomic E-state index is -0.187. The predicted octanol–water partition coefficient (Wildman–Crippen LogP) is 0.851. The number of allylic oxidation sites excluding steroid dienone is 1.